The molecule has 3 nitrogen and oxygen atoms in total. The molecule has 0 aromatic heterocycles. The molecule has 0 saturated heterocycles. The zero-order chi connectivity index (χ0) is 12.9. The first-order valence-electron chi connectivity index (χ1n) is 5.98. The summed E-state index contributed by atoms with van der Waals surface area (Å²) in [6, 6.07) is 10.6. The van der Waals surface area contributed by atoms with Crippen LogP contribution in [0.3, 0.4) is 0 Å². The Morgan fingerprint density at radius 2 is 1.94 bits per heavy atom. The molecule has 0 spiro atoms. The Kier molecular flexibility index (Phi) is 4.53. The fourth-order valence-electron chi connectivity index (χ4n) is 1.57. The Morgan fingerprint density at radius 3 is 2.41 bits per heavy atom. The van der Waals surface area contributed by atoms with E-state index in [9.17, 15) is 0 Å². The SMILES string of the molecule is CCc1ccc(N(C)CCC(C)(N)C#N)cc1. The first-order valence-corrected chi connectivity index (χ1v) is 5.98. The maximum Gasteiger partial charge on any atom is 0.103 e. The van der Waals surface area contributed by atoms with E-state index >= 15 is 0 Å². The van der Waals surface area contributed by atoms with Gasteiger partial charge in [0.1, 0.15) is 5.54 Å². The third kappa shape index (κ3) is 4.08. The molecule has 0 aliphatic carbocycles. The Hall–Kier alpha value is -1.53. The maximum absolute atomic E-state index is 8.85. The van der Waals surface area contributed by atoms with Crippen molar-refractivity contribution < 1.29 is 0 Å². The van der Waals surface area contributed by atoms with E-state index in [-0.39, 0.29) is 0 Å². The molecule has 1 unspecified atom stereocenters. The van der Waals surface area contributed by atoms with Gasteiger partial charge in [0, 0.05) is 19.3 Å². The quantitative estimate of drug-likeness (QED) is 0.846. The number of hydrogen-bond acceptors (Lipinski definition) is 3. The van der Waals surface area contributed by atoms with Crippen LogP contribution in [0.4, 0.5) is 5.69 Å². The van der Waals surface area contributed by atoms with Gasteiger partial charge in [-0.2, -0.15) is 5.26 Å². The van der Waals surface area contributed by atoms with Gasteiger partial charge >= 0.3 is 0 Å². The molecule has 0 radical (unpaired) electrons. The van der Waals surface area contributed by atoms with Crippen LogP contribution in [0.15, 0.2) is 24.3 Å². The third-order valence-electron chi connectivity index (χ3n) is 3.01. The molecule has 3 heteroatoms. The predicted octanol–water partition coefficient (Wildman–Crippen LogP) is 2.32. The number of nitriles is 1. The molecule has 1 aromatic carbocycles. The van der Waals surface area contributed by atoms with Crippen molar-refractivity contribution in [2.75, 3.05) is 18.5 Å². The Morgan fingerprint density at radius 1 is 1.35 bits per heavy atom. The van der Waals surface area contributed by atoms with Crippen molar-refractivity contribution in [1.29, 1.82) is 5.26 Å². The number of nitrogens with zero attached hydrogens (tertiary/aromatic N) is 2. The second-order valence-corrected chi connectivity index (χ2v) is 4.72. The average Bonchev–Trinajstić information content (AvgIpc) is 2.36. The summed E-state index contributed by atoms with van der Waals surface area (Å²) in [5, 5.41) is 8.85. The van der Waals surface area contributed by atoms with E-state index in [1.165, 1.54) is 5.56 Å². The molecule has 1 aromatic rings. The zero-order valence-corrected chi connectivity index (χ0v) is 10.9. The van der Waals surface area contributed by atoms with Gasteiger partial charge in [-0.1, -0.05) is 19.1 Å². The molecule has 92 valence electrons. The third-order valence-corrected chi connectivity index (χ3v) is 3.01. The largest absolute Gasteiger partial charge is 0.374 e. The normalized spacial score (nSPS) is 13.8. The van der Waals surface area contributed by atoms with E-state index in [0.29, 0.717) is 6.42 Å². The molecule has 0 aliphatic heterocycles. The van der Waals surface area contributed by atoms with Crippen LogP contribution >= 0.6 is 0 Å². The van der Waals surface area contributed by atoms with Crippen molar-refractivity contribution in [3.8, 4) is 6.07 Å². The highest BCUT2D eigenvalue weighted by molar-refractivity contribution is 5.46. The number of nitrogens with two attached hydrogens (primary N) is 1. The lowest BCUT2D eigenvalue weighted by Crippen LogP contribution is -2.38. The second kappa shape index (κ2) is 5.70. The molecule has 0 bridgehead atoms. The topological polar surface area (TPSA) is 53.0 Å². The summed E-state index contributed by atoms with van der Waals surface area (Å²) in [6.45, 7) is 4.69. The molecule has 1 rings (SSSR count). The average molecular weight is 231 g/mol. The van der Waals surface area contributed by atoms with Crippen LogP contribution in [0, 0.1) is 11.3 Å². The van der Waals surface area contributed by atoms with E-state index in [2.05, 4.69) is 42.2 Å². The van der Waals surface area contributed by atoms with E-state index in [0.717, 1.165) is 18.7 Å². The monoisotopic (exact) mass is 231 g/mol. The summed E-state index contributed by atoms with van der Waals surface area (Å²) in [7, 11) is 2.02. The molecule has 17 heavy (non-hydrogen) atoms. The van der Waals surface area contributed by atoms with Crippen molar-refractivity contribution >= 4 is 5.69 Å². The number of aryl methyl sites for hydroxylation is 1. The maximum atomic E-state index is 8.85. The van der Waals surface area contributed by atoms with E-state index in [4.69, 9.17) is 11.0 Å². The van der Waals surface area contributed by atoms with Crippen molar-refractivity contribution in [2.24, 2.45) is 5.73 Å². The predicted molar refractivity (Wildman–Crippen MR) is 71.9 cm³/mol. The van der Waals surface area contributed by atoms with Gasteiger partial charge in [0.2, 0.25) is 0 Å². The van der Waals surface area contributed by atoms with Crippen LogP contribution in [0.2, 0.25) is 0 Å². The number of benzene rings is 1. The molecule has 0 fully saturated rings. The van der Waals surface area contributed by atoms with E-state index < -0.39 is 5.54 Å². The van der Waals surface area contributed by atoms with Gasteiger partial charge in [0.15, 0.2) is 0 Å². The van der Waals surface area contributed by atoms with Gasteiger partial charge in [0.25, 0.3) is 0 Å². The smallest absolute Gasteiger partial charge is 0.103 e. The minimum absolute atomic E-state index is 0.662. The van der Waals surface area contributed by atoms with E-state index in [1.807, 2.05) is 7.05 Å². The first-order chi connectivity index (χ1) is 7.98. The van der Waals surface area contributed by atoms with Gasteiger partial charge in [-0.15, -0.1) is 0 Å². The van der Waals surface area contributed by atoms with Crippen LogP contribution in [0.1, 0.15) is 25.8 Å². The van der Waals surface area contributed by atoms with Crippen LogP contribution in [0.5, 0.6) is 0 Å². The van der Waals surface area contributed by atoms with Gasteiger partial charge in [-0.3, -0.25) is 0 Å². The van der Waals surface area contributed by atoms with Crippen LogP contribution in [0.25, 0.3) is 0 Å². The van der Waals surface area contributed by atoms with Crippen LogP contribution in [-0.4, -0.2) is 19.1 Å². The molecule has 0 aliphatic rings. The first kappa shape index (κ1) is 13.5. The Balaban J connectivity index is 2.58. The summed E-state index contributed by atoms with van der Waals surface area (Å²) >= 11 is 0. The van der Waals surface area contributed by atoms with Crippen molar-refractivity contribution in [2.45, 2.75) is 32.2 Å². The standard InChI is InChI=1S/C14H21N3/c1-4-12-5-7-13(8-6-12)17(3)10-9-14(2,16)11-15/h5-8H,4,9-10,16H2,1-3H3. The summed E-state index contributed by atoms with van der Waals surface area (Å²) in [4.78, 5) is 2.13. The number of rotatable bonds is 5. The minimum atomic E-state index is -0.738. The lowest BCUT2D eigenvalue weighted by Gasteiger charge is -2.23. The molecular weight excluding hydrogens is 210 g/mol. The number of hydrogen-bond donors (Lipinski definition) is 1. The summed E-state index contributed by atoms with van der Waals surface area (Å²) in [6.07, 6.45) is 1.72. The molecule has 2 N–H and O–H groups in total. The fraction of sp³-hybridized carbons (Fsp3) is 0.500. The zero-order valence-electron chi connectivity index (χ0n) is 10.9. The molecular formula is C14H21N3. The summed E-state index contributed by atoms with van der Waals surface area (Å²) in [5.41, 5.74) is 7.56. The fourth-order valence-corrected chi connectivity index (χ4v) is 1.57. The highest BCUT2D eigenvalue weighted by Crippen LogP contribution is 2.15. The highest BCUT2D eigenvalue weighted by atomic mass is 15.1. The molecule has 0 heterocycles. The summed E-state index contributed by atoms with van der Waals surface area (Å²) in [5.74, 6) is 0. The van der Waals surface area contributed by atoms with Gasteiger partial charge < -0.3 is 10.6 Å². The lowest BCUT2D eigenvalue weighted by molar-refractivity contribution is 0.547. The Labute approximate surface area is 104 Å². The van der Waals surface area contributed by atoms with Crippen LogP contribution in [-0.2, 0) is 6.42 Å². The lowest BCUT2D eigenvalue weighted by atomic mass is 10.0. The molecule has 1 atom stereocenters. The van der Waals surface area contributed by atoms with Crippen molar-refractivity contribution in [3.63, 3.8) is 0 Å². The molecule has 0 amide bonds. The second-order valence-electron chi connectivity index (χ2n) is 4.72. The van der Waals surface area contributed by atoms with E-state index in [1.54, 1.807) is 6.92 Å². The highest BCUT2D eigenvalue weighted by Gasteiger charge is 2.17. The Bertz CT molecular complexity index is 387. The van der Waals surface area contributed by atoms with Crippen molar-refractivity contribution in [1.82, 2.24) is 0 Å². The van der Waals surface area contributed by atoms with Crippen LogP contribution < -0.4 is 10.6 Å². The molecule has 0 saturated carbocycles. The minimum Gasteiger partial charge on any atom is -0.374 e. The number of anilines is 1. The summed E-state index contributed by atoms with van der Waals surface area (Å²) < 4.78 is 0. The van der Waals surface area contributed by atoms with Gasteiger partial charge in [-0.05, 0) is 37.5 Å². The van der Waals surface area contributed by atoms with Gasteiger partial charge in [0.05, 0.1) is 6.07 Å². The van der Waals surface area contributed by atoms with Crippen molar-refractivity contribution in [3.05, 3.63) is 29.8 Å². The van der Waals surface area contributed by atoms with Gasteiger partial charge in [-0.25, -0.2) is 0 Å².